The van der Waals surface area contributed by atoms with Crippen LogP contribution in [0.3, 0.4) is 0 Å². The smallest absolute Gasteiger partial charge is 0.406 e. The van der Waals surface area contributed by atoms with E-state index in [4.69, 9.17) is 0 Å². The summed E-state index contributed by atoms with van der Waals surface area (Å²) in [7, 11) is 0. The average molecular weight is 465 g/mol. The van der Waals surface area contributed by atoms with Gasteiger partial charge in [-0.1, -0.05) is 23.5 Å². The average Bonchev–Trinajstić information content (AvgIpc) is 3.37. The zero-order valence-electron chi connectivity index (χ0n) is 16.5. The van der Waals surface area contributed by atoms with Crippen molar-refractivity contribution in [2.45, 2.75) is 25.2 Å². The molecule has 9 nitrogen and oxygen atoms in total. The van der Waals surface area contributed by atoms with Gasteiger partial charge in [-0.05, 0) is 36.2 Å². The van der Waals surface area contributed by atoms with Gasteiger partial charge in [-0.2, -0.15) is 5.10 Å². The summed E-state index contributed by atoms with van der Waals surface area (Å²) in [6, 6.07) is 9.16. The van der Waals surface area contributed by atoms with E-state index in [1.165, 1.54) is 29.5 Å². The minimum atomic E-state index is -4.79. The number of benzene rings is 1. The number of nitrogens with one attached hydrogen (secondary N) is 2. The van der Waals surface area contributed by atoms with Crippen LogP contribution in [0.15, 0.2) is 42.6 Å². The molecule has 0 aliphatic carbocycles. The van der Waals surface area contributed by atoms with Crippen LogP contribution in [0, 0.1) is 0 Å². The largest absolute Gasteiger partial charge is 0.573 e. The molecule has 4 rings (SSSR count). The zero-order valence-corrected chi connectivity index (χ0v) is 17.4. The quantitative estimate of drug-likeness (QED) is 0.549. The number of anilines is 3. The first-order valence-corrected chi connectivity index (χ1v) is 10.4. The fourth-order valence-electron chi connectivity index (χ4n) is 3.26. The summed E-state index contributed by atoms with van der Waals surface area (Å²) in [5.74, 6) is 0.00978. The fourth-order valence-corrected chi connectivity index (χ4v) is 3.99. The summed E-state index contributed by atoms with van der Waals surface area (Å²) < 4.78 is 40.9. The minimum absolute atomic E-state index is 0.132. The van der Waals surface area contributed by atoms with Crippen molar-refractivity contribution in [3.8, 4) is 5.75 Å². The first kappa shape index (κ1) is 21.7. The number of hydrogen-bond acceptors (Lipinski definition) is 9. The van der Waals surface area contributed by atoms with Crippen LogP contribution in [-0.4, -0.2) is 51.8 Å². The topological polar surface area (TPSA) is 105 Å². The van der Waals surface area contributed by atoms with E-state index in [1.54, 1.807) is 12.3 Å². The second-order valence-electron chi connectivity index (χ2n) is 6.99. The van der Waals surface area contributed by atoms with Crippen molar-refractivity contribution in [3.05, 3.63) is 48.2 Å². The number of amides is 1. The Morgan fingerprint density at radius 1 is 1.19 bits per heavy atom. The molecule has 1 fully saturated rings. The van der Waals surface area contributed by atoms with Gasteiger partial charge >= 0.3 is 6.36 Å². The predicted octanol–water partition coefficient (Wildman–Crippen LogP) is 3.10. The Bertz CT molecular complexity index is 1060. The minimum Gasteiger partial charge on any atom is -0.406 e. The van der Waals surface area contributed by atoms with E-state index in [1.807, 2.05) is 12.1 Å². The zero-order chi connectivity index (χ0) is 22.6. The van der Waals surface area contributed by atoms with Gasteiger partial charge in [0.05, 0.1) is 6.42 Å². The van der Waals surface area contributed by atoms with Crippen LogP contribution in [0.1, 0.15) is 12.0 Å². The van der Waals surface area contributed by atoms with Gasteiger partial charge in [-0.25, -0.2) is 0 Å². The predicted molar refractivity (Wildman–Crippen MR) is 112 cm³/mol. The Balaban J connectivity index is 1.28. The number of halogens is 3. The molecule has 1 saturated heterocycles. The van der Waals surface area contributed by atoms with Gasteiger partial charge in [0.15, 0.2) is 5.82 Å². The first-order valence-electron chi connectivity index (χ1n) is 9.61. The number of nitrogens with zero attached hydrogens (tertiary/aromatic N) is 5. The Kier molecular flexibility index (Phi) is 6.35. The molecule has 168 valence electrons. The van der Waals surface area contributed by atoms with Crippen molar-refractivity contribution in [2.75, 3.05) is 28.6 Å². The molecule has 0 unspecified atom stereocenters. The highest BCUT2D eigenvalue weighted by Crippen LogP contribution is 2.26. The Hall–Kier alpha value is -3.48. The third-order valence-electron chi connectivity index (χ3n) is 4.57. The van der Waals surface area contributed by atoms with Gasteiger partial charge in [0.25, 0.3) is 0 Å². The van der Waals surface area contributed by atoms with Gasteiger partial charge in [0, 0.05) is 25.3 Å². The van der Waals surface area contributed by atoms with Crippen molar-refractivity contribution in [3.63, 3.8) is 0 Å². The summed E-state index contributed by atoms with van der Waals surface area (Å²) in [5, 5.41) is 22.8. The highest BCUT2D eigenvalue weighted by molar-refractivity contribution is 7.19. The summed E-state index contributed by atoms with van der Waals surface area (Å²) in [6.07, 6.45) is -2.41. The lowest BCUT2D eigenvalue weighted by atomic mass is 10.1. The van der Waals surface area contributed by atoms with E-state index in [0.717, 1.165) is 25.3 Å². The van der Waals surface area contributed by atoms with Crippen molar-refractivity contribution >= 4 is 33.3 Å². The third-order valence-corrected chi connectivity index (χ3v) is 5.34. The summed E-state index contributed by atoms with van der Waals surface area (Å²) in [6.45, 7) is 1.56. The van der Waals surface area contributed by atoms with Crippen molar-refractivity contribution < 1.29 is 22.7 Å². The van der Waals surface area contributed by atoms with Crippen LogP contribution in [0.25, 0.3) is 0 Å². The molecule has 1 aromatic carbocycles. The highest BCUT2D eigenvalue weighted by Gasteiger charge is 2.31. The van der Waals surface area contributed by atoms with E-state index in [-0.39, 0.29) is 18.2 Å². The van der Waals surface area contributed by atoms with E-state index in [2.05, 4.69) is 40.7 Å². The molecule has 0 saturated carbocycles. The maximum absolute atomic E-state index is 12.3. The lowest BCUT2D eigenvalue weighted by Crippen LogP contribution is -2.26. The van der Waals surface area contributed by atoms with E-state index in [9.17, 15) is 18.0 Å². The molecule has 2 N–H and O–H groups in total. The molecule has 13 heteroatoms. The lowest BCUT2D eigenvalue weighted by Gasteiger charge is -2.16. The van der Waals surface area contributed by atoms with E-state index >= 15 is 0 Å². The second-order valence-corrected chi connectivity index (χ2v) is 7.97. The number of alkyl halides is 3. The molecule has 2 aromatic heterocycles. The second kappa shape index (κ2) is 9.34. The molecule has 32 heavy (non-hydrogen) atoms. The Morgan fingerprint density at radius 2 is 2.03 bits per heavy atom. The Morgan fingerprint density at radius 3 is 2.81 bits per heavy atom. The van der Waals surface area contributed by atoms with E-state index < -0.39 is 12.3 Å². The van der Waals surface area contributed by atoms with Crippen LogP contribution >= 0.6 is 11.3 Å². The van der Waals surface area contributed by atoms with Crippen molar-refractivity contribution in [1.29, 1.82) is 0 Å². The third kappa shape index (κ3) is 6.03. The standard InChI is InChI=1S/C19H18F3N7O2S/c20-19(21,22)31-14-4-1-3-12(9-14)10-16(30)25-18-28-27-17(32-18)24-13-6-8-29(11-13)15-5-2-7-23-26-15/h1-5,7,9,13H,6,8,10-11H2,(H,24,27)(H,25,28,30)/t13-/m1/s1. The summed E-state index contributed by atoms with van der Waals surface area (Å²) >= 11 is 1.18. The molecule has 1 amide bonds. The van der Waals surface area contributed by atoms with Crippen LogP contribution in [0.2, 0.25) is 0 Å². The molecular weight excluding hydrogens is 447 g/mol. The molecule has 0 bridgehead atoms. The van der Waals surface area contributed by atoms with Gasteiger partial charge < -0.3 is 20.3 Å². The molecular formula is C19H18F3N7O2S. The fraction of sp³-hybridized carbons (Fsp3) is 0.316. The molecule has 1 aliphatic heterocycles. The Labute approximate surface area is 184 Å². The van der Waals surface area contributed by atoms with Gasteiger partial charge in [0.2, 0.25) is 16.2 Å². The number of hydrogen-bond donors (Lipinski definition) is 2. The normalized spacial score (nSPS) is 16.1. The van der Waals surface area contributed by atoms with Crippen LogP contribution in [-0.2, 0) is 11.2 Å². The number of aromatic nitrogens is 4. The molecule has 0 radical (unpaired) electrons. The monoisotopic (exact) mass is 465 g/mol. The maximum Gasteiger partial charge on any atom is 0.573 e. The lowest BCUT2D eigenvalue weighted by molar-refractivity contribution is -0.274. The number of carbonyl (C=O) groups excluding carboxylic acids is 1. The molecule has 1 atom stereocenters. The molecule has 0 spiro atoms. The molecule has 1 aliphatic rings. The van der Waals surface area contributed by atoms with Crippen LogP contribution < -0.4 is 20.3 Å². The van der Waals surface area contributed by atoms with Crippen molar-refractivity contribution in [1.82, 2.24) is 20.4 Å². The molecule has 3 aromatic rings. The SMILES string of the molecule is O=C(Cc1cccc(OC(F)(F)F)c1)Nc1nnc(N[C@@H]2CCN(c3cccnn3)C2)s1. The maximum atomic E-state index is 12.3. The number of carbonyl (C=O) groups is 1. The van der Waals surface area contributed by atoms with E-state index in [0.29, 0.717) is 15.8 Å². The number of ether oxygens (including phenoxy) is 1. The highest BCUT2D eigenvalue weighted by atomic mass is 32.1. The van der Waals surface area contributed by atoms with Gasteiger partial charge in [0.1, 0.15) is 5.75 Å². The number of rotatable bonds is 7. The first-order chi connectivity index (χ1) is 15.3. The van der Waals surface area contributed by atoms with Gasteiger partial charge in [-0.15, -0.1) is 28.5 Å². The molecule has 3 heterocycles. The van der Waals surface area contributed by atoms with Crippen molar-refractivity contribution in [2.24, 2.45) is 0 Å². The summed E-state index contributed by atoms with van der Waals surface area (Å²) in [4.78, 5) is 14.4. The summed E-state index contributed by atoms with van der Waals surface area (Å²) in [5.41, 5.74) is 0.377. The van der Waals surface area contributed by atoms with Crippen LogP contribution in [0.4, 0.5) is 29.3 Å². The van der Waals surface area contributed by atoms with Crippen LogP contribution in [0.5, 0.6) is 5.75 Å². The van der Waals surface area contributed by atoms with Gasteiger partial charge in [-0.3, -0.25) is 4.79 Å².